The summed E-state index contributed by atoms with van der Waals surface area (Å²) in [5.41, 5.74) is -0.545. The third-order valence-electron chi connectivity index (χ3n) is 2.91. The van der Waals surface area contributed by atoms with Crippen molar-refractivity contribution >= 4 is 29.8 Å². The van der Waals surface area contributed by atoms with Crippen molar-refractivity contribution in [3.05, 3.63) is 0 Å². The maximum atomic E-state index is 12.0. The number of carbonyl (C=O) groups excluding carboxylic acids is 5. The van der Waals surface area contributed by atoms with E-state index in [1.54, 1.807) is 20.8 Å². The first-order valence-electron chi connectivity index (χ1n) is 7.36. The Labute approximate surface area is 134 Å². The third-order valence-corrected chi connectivity index (χ3v) is 2.91. The van der Waals surface area contributed by atoms with Gasteiger partial charge in [-0.1, -0.05) is 13.3 Å². The molecule has 2 N–H and O–H groups in total. The lowest BCUT2D eigenvalue weighted by Gasteiger charge is -2.20. The highest BCUT2D eigenvalue weighted by Crippen LogP contribution is 2.12. The highest BCUT2D eigenvalue weighted by Gasteiger charge is 2.44. The van der Waals surface area contributed by atoms with Gasteiger partial charge in [-0.2, -0.15) is 0 Å². The molecule has 1 rings (SSSR count). The van der Waals surface area contributed by atoms with E-state index in [1.165, 1.54) is 0 Å². The summed E-state index contributed by atoms with van der Waals surface area (Å²) in [7, 11) is 0. The molecule has 0 bridgehead atoms. The Hall–Kier alpha value is -2.45. The predicted octanol–water partition coefficient (Wildman–Crippen LogP) is 0.202. The fourth-order valence-electron chi connectivity index (χ4n) is 1.88. The standard InChI is InChI=1S/C14H22N4O5/c1-5-6-7-17-10(20)11(21)18(13(17)23)8-9(19)15-12(22)16-14(2,3)4/h5-8H2,1-4H3,(H2,15,16,19,22). The lowest BCUT2D eigenvalue weighted by molar-refractivity contribution is -0.143. The first-order valence-corrected chi connectivity index (χ1v) is 7.36. The molecule has 0 atom stereocenters. The number of hydrogen-bond donors (Lipinski definition) is 2. The van der Waals surface area contributed by atoms with Gasteiger partial charge in [0.2, 0.25) is 5.91 Å². The number of unbranched alkanes of at least 4 members (excludes halogenated alkanes) is 1. The van der Waals surface area contributed by atoms with Crippen LogP contribution in [-0.4, -0.2) is 58.2 Å². The Morgan fingerprint density at radius 2 is 1.61 bits per heavy atom. The van der Waals surface area contributed by atoms with Crippen molar-refractivity contribution in [3.8, 4) is 0 Å². The number of urea groups is 2. The van der Waals surface area contributed by atoms with Crippen molar-refractivity contribution in [2.45, 2.75) is 46.1 Å². The normalized spacial score (nSPS) is 15.2. The number of rotatable bonds is 5. The summed E-state index contributed by atoms with van der Waals surface area (Å²) in [4.78, 5) is 60.2. The van der Waals surface area contributed by atoms with Crippen LogP contribution in [0.5, 0.6) is 0 Å². The smallest absolute Gasteiger partial charge is 0.333 e. The molecule has 9 nitrogen and oxygen atoms in total. The minimum absolute atomic E-state index is 0.128. The number of nitrogens with one attached hydrogen (secondary N) is 2. The molecule has 1 aliphatic heterocycles. The van der Waals surface area contributed by atoms with Crippen LogP contribution in [0, 0.1) is 0 Å². The van der Waals surface area contributed by atoms with Crippen LogP contribution in [-0.2, 0) is 14.4 Å². The summed E-state index contributed by atoms with van der Waals surface area (Å²) in [6, 6.07) is -1.57. The molecule has 9 heteroatoms. The summed E-state index contributed by atoms with van der Waals surface area (Å²) < 4.78 is 0. The van der Waals surface area contributed by atoms with Crippen molar-refractivity contribution < 1.29 is 24.0 Å². The van der Waals surface area contributed by atoms with Crippen LogP contribution in [0.1, 0.15) is 40.5 Å². The summed E-state index contributed by atoms with van der Waals surface area (Å²) in [5, 5.41) is 4.52. The minimum Gasteiger partial charge on any atom is -0.333 e. The first-order chi connectivity index (χ1) is 10.6. The number of imide groups is 3. The van der Waals surface area contributed by atoms with Gasteiger partial charge in [-0.05, 0) is 27.2 Å². The average Bonchev–Trinajstić information content (AvgIpc) is 2.59. The average molecular weight is 326 g/mol. The van der Waals surface area contributed by atoms with Gasteiger partial charge in [-0.25, -0.2) is 14.5 Å². The van der Waals surface area contributed by atoms with E-state index in [1.807, 2.05) is 12.2 Å². The zero-order valence-corrected chi connectivity index (χ0v) is 13.8. The van der Waals surface area contributed by atoms with E-state index < -0.39 is 41.9 Å². The van der Waals surface area contributed by atoms with Gasteiger partial charge < -0.3 is 5.32 Å². The molecule has 1 aliphatic rings. The molecule has 0 unspecified atom stereocenters. The summed E-state index contributed by atoms with van der Waals surface area (Å²) in [6.07, 6.45) is 1.32. The maximum Gasteiger partial charge on any atom is 0.334 e. The first kappa shape index (κ1) is 18.6. The quantitative estimate of drug-likeness (QED) is 0.553. The van der Waals surface area contributed by atoms with Crippen LogP contribution in [0.25, 0.3) is 0 Å². The summed E-state index contributed by atoms with van der Waals surface area (Å²) in [6.45, 7) is 6.52. The molecule has 23 heavy (non-hydrogen) atoms. The molecular formula is C14H22N4O5. The second kappa shape index (κ2) is 7.21. The van der Waals surface area contributed by atoms with Crippen LogP contribution in [0.15, 0.2) is 0 Å². The van der Waals surface area contributed by atoms with E-state index >= 15 is 0 Å². The Kier molecular flexibility index (Phi) is 5.83. The van der Waals surface area contributed by atoms with Gasteiger partial charge in [-0.15, -0.1) is 0 Å². The lowest BCUT2D eigenvalue weighted by Crippen LogP contribution is -2.51. The molecule has 1 heterocycles. The molecule has 0 aromatic rings. The van der Waals surface area contributed by atoms with Crippen molar-refractivity contribution in [1.82, 2.24) is 20.4 Å². The highest BCUT2D eigenvalue weighted by molar-refractivity contribution is 6.45. The summed E-state index contributed by atoms with van der Waals surface area (Å²) in [5.74, 6) is -2.86. The molecule has 7 amide bonds. The number of amides is 7. The molecule has 0 aromatic carbocycles. The van der Waals surface area contributed by atoms with Crippen molar-refractivity contribution in [1.29, 1.82) is 0 Å². The topological polar surface area (TPSA) is 116 Å². The summed E-state index contributed by atoms with van der Waals surface area (Å²) >= 11 is 0. The zero-order valence-electron chi connectivity index (χ0n) is 13.8. The van der Waals surface area contributed by atoms with Gasteiger partial charge in [0, 0.05) is 12.1 Å². The third kappa shape index (κ3) is 5.04. The molecule has 0 saturated carbocycles. The number of nitrogens with zero attached hydrogens (tertiary/aromatic N) is 2. The van der Waals surface area contributed by atoms with Crippen molar-refractivity contribution in [2.24, 2.45) is 0 Å². The van der Waals surface area contributed by atoms with Crippen molar-refractivity contribution in [2.75, 3.05) is 13.1 Å². The molecule has 1 fully saturated rings. The Morgan fingerprint density at radius 3 is 2.13 bits per heavy atom. The number of hydrogen-bond acceptors (Lipinski definition) is 5. The molecule has 128 valence electrons. The second-order valence-electron chi connectivity index (χ2n) is 6.24. The molecule has 0 radical (unpaired) electrons. The van der Waals surface area contributed by atoms with Gasteiger partial charge in [0.1, 0.15) is 6.54 Å². The van der Waals surface area contributed by atoms with Crippen LogP contribution in [0.2, 0.25) is 0 Å². The van der Waals surface area contributed by atoms with E-state index in [9.17, 15) is 24.0 Å². The largest absolute Gasteiger partial charge is 0.334 e. The fourth-order valence-corrected chi connectivity index (χ4v) is 1.88. The van der Waals surface area contributed by atoms with Crippen LogP contribution in [0.4, 0.5) is 9.59 Å². The fraction of sp³-hybridized carbons (Fsp3) is 0.643. The van der Waals surface area contributed by atoms with Crippen molar-refractivity contribution in [3.63, 3.8) is 0 Å². The molecule has 0 aromatic heterocycles. The Bertz CT molecular complexity index is 538. The van der Waals surface area contributed by atoms with Crippen LogP contribution >= 0.6 is 0 Å². The SMILES string of the molecule is CCCCN1C(=O)C(=O)N(CC(=O)NC(=O)NC(C)(C)C)C1=O. The molecule has 0 spiro atoms. The van der Waals surface area contributed by atoms with Gasteiger partial charge in [0.05, 0.1) is 0 Å². The monoisotopic (exact) mass is 326 g/mol. The van der Waals surface area contributed by atoms with E-state index in [0.29, 0.717) is 11.3 Å². The van der Waals surface area contributed by atoms with E-state index in [0.717, 1.165) is 11.3 Å². The van der Waals surface area contributed by atoms with E-state index in [-0.39, 0.29) is 6.54 Å². The lowest BCUT2D eigenvalue weighted by atomic mass is 10.1. The highest BCUT2D eigenvalue weighted by atomic mass is 16.2. The molecular weight excluding hydrogens is 304 g/mol. The minimum atomic E-state index is -1.06. The van der Waals surface area contributed by atoms with Gasteiger partial charge >= 0.3 is 23.9 Å². The van der Waals surface area contributed by atoms with Gasteiger partial charge in [0.25, 0.3) is 0 Å². The number of carbonyl (C=O) groups is 5. The maximum absolute atomic E-state index is 12.0. The Balaban J connectivity index is 2.64. The van der Waals surface area contributed by atoms with Crippen LogP contribution in [0.3, 0.4) is 0 Å². The zero-order chi connectivity index (χ0) is 17.8. The van der Waals surface area contributed by atoms with E-state index in [4.69, 9.17) is 0 Å². The van der Waals surface area contributed by atoms with Crippen LogP contribution < -0.4 is 10.6 Å². The van der Waals surface area contributed by atoms with E-state index in [2.05, 4.69) is 5.32 Å². The Morgan fingerprint density at radius 1 is 1.04 bits per heavy atom. The molecule has 0 aliphatic carbocycles. The predicted molar refractivity (Wildman–Crippen MR) is 80.2 cm³/mol. The van der Waals surface area contributed by atoms with Gasteiger partial charge in [0.15, 0.2) is 0 Å². The second-order valence-corrected chi connectivity index (χ2v) is 6.24. The van der Waals surface area contributed by atoms with Gasteiger partial charge in [-0.3, -0.25) is 24.6 Å². The molecule has 1 saturated heterocycles.